The van der Waals surface area contributed by atoms with E-state index in [1.54, 1.807) is 13.8 Å². The highest BCUT2D eigenvalue weighted by molar-refractivity contribution is 6.64. The smallest absolute Gasteiger partial charge is 0.323 e. The molecule has 2 atom stereocenters. The van der Waals surface area contributed by atoms with Crippen molar-refractivity contribution in [2.45, 2.75) is 38.8 Å². The molecule has 4 nitrogen and oxygen atoms in total. The summed E-state index contributed by atoms with van der Waals surface area (Å²) in [6.45, 7) is 3.69. The maximum absolute atomic E-state index is 11.9. The summed E-state index contributed by atoms with van der Waals surface area (Å²) in [6.07, 6.45) is 1.28. The lowest BCUT2D eigenvalue weighted by molar-refractivity contribution is -0.146. The first-order chi connectivity index (χ1) is 9.54. The van der Waals surface area contributed by atoms with E-state index in [1.165, 1.54) is 0 Å². The summed E-state index contributed by atoms with van der Waals surface area (Å²) < 4.78 is 5.02. The van der Waals surface area contributed by atoms with Crippen LogP contribution >= 0.6 is 11.6 Å². The number of hydrogen-bond acceptors (Lipinski definition) is 4. The third kappa shape index (κ3) is 5.72. The first-order valence-electron chi connectivity index (χ1n) is 6.70. The minimum absolute atomic E-state index is 0.311. The molecular weight excluding hydrogens is 278 g/mol. The molecule has 0 fully saturated rings. The molecule has 0 unspecified atom stereocenters. The van der Waals surface area contributed by atoms with Crippen LogP contribution in [0.15, 0.2) is 30.3 Å². The molecule has 0 saturated carbocycles. The Hall–Kier alpha value is -1.39. The lowest BCUT2D eigenvalue weighted by Gasteiger charge is -2.20. The molecule has 0 aromatic heterocycles. The highest BCUT2D eigenvalue weighted by Crippen LogP contribution is 2.08. The van der Waals surface area contributed by atoms with Crippen LogP contribution in [-0.2, 0) is 20.7 Å². The lowest BCUT2D eigenvalue weighted by Crippen LogP contribution is -2.45. The van der Waals surface area contributed by atoms with Gasteiger partial charge in [-0.1, -0.05) is 30.3 Å². The maximum Gasteiger partial charge on any atom is 0.323 e. The normalized spacial score (nSPS) is 13.6. The Labute approximate surface area is 124 Å². The Bertz CT molecular complexity index is 436. The van der Waals surface area contributed by atoms with Crippen molar-refractivity contribution in [3.05, 3.63) is 35.9 Å². The van der Waals surface area contributed by atoms with Crippen LogP contribution in [0.4, 0.5) is 0 Å². The molecule has 110 valence electrons. The predicted octanol–water partition coefficient (Wildman–Crippen LogP) is 2.29. The van der Waals surface area contributed by atoms with Gasteiger partial charge in [0.25, 0.3) is 0 Å². The molecule has 0 radical (unpaired) electrons. The molecule has 0 heterocycles. The summed E-state index contributed by atoms with van der Waals surface area (Å²) in [5.41, 5.74) is 1.13. The molecule has 1 aromatic rings. The zero-order valence-corrected chi connectivity index (χ0v) is 12.5. The average Bonchev–Trinajstić information content (AvgIpc) is 2.44. The zero-order chi connectivity index (χ0) is 15.0. The molecule has 0 aliphatic heterocycles. The van der Waals surface area contributed by atoms with E-state index in [9.17, 15) is 9.59 Å². The summed E-state index contributed by atoms with van der Waals surface area (Å²) in [7, 11) is 0. The molecule has 0 amide bonds. The van der Waals surface area contributed by atoms with E-state index in [-0.39, 0.29) is 5.97 Å². The van der Waals surface area contributed by atoms with Crippen molar-refractivity contribution in [2.75, 3.05) is 6.61 Å². The number of esters is 1. The van der Waals surface area contributed by atoms with E-state index >= 15 is 0 Å². The fourth-order valence-electron chi connectivity index (χ4n) is 1.84. The van der Waals surface area contributed by atoms with Crippen LogP contribution in [0.25, 0.3) is 0 Å². The van der Waals surface area contributed by atoms with Crippen LogP contribution in [-0.4, -0.2) is 29.9 Å². The molecule has 0 aliphatic rings. The molecule has 0 bridgehead atoms. The van der Waals surface area contributed by atoms with E-state index in [4.69, 9.17) is 16.3 Å². The Morgan fingerprint density at radius 3 is 2.50 bits per heavy atom. The van der Waals surface area contributed by atoms with E-state index in [2.05, 4.69) is 5.32 Å². The molecular formula is C15H20ClNO3. The quantitative estimate of drug-likeness (QED) is 0.591. The highest BCUT2D eigenvalue weighted by atomic mass is 35.5. The number of carbonyl (C=O) groups excluding carboxylic acids is 2. The summed E-state index contributed by atoms with van der Waals surface area (Å²) in [6, 6.07) is 8.73. The first kappa shape index (κ1) is 16.7. The molecule has 5 heteroatoms. The van der Waals surface area contributed by atoms with E-state index in [0.29, 0.717) is 13.0 Å². The predicted molar refractivity (Wildman–Crippen MR) is 78.6 cm³/mol. The fraction of sp³-hybridized carbons (Fsp3) is 0.467. The minimum Gasteiger partial charge on any atom is -0.465 e. The van der Waals surface area contributed by atoms with Crippen LogP contribution in [0.2, 0.25) is 0 Å². The number of aryl methyl sites for hydroxylation is 1. The van der Waals surface area contributed by atoms with Crippen LogP contribution in [0.5, 0.6) is 0 Å². The summed E-state index contributed by atoms with van der Waals surface area (Å²) in [4.78, 5) is 23.0. The van der Waals surface area contributed by atoms with Crippen molar-refractivity contribution in [2.24, 2.45) is 0 Å². The minimum atomic E-state index is -0.582. The number of ether oxygens (including phenoxy) is 1. The van der Waals surface area contributed by atoms with E-state index in [0.717, 1.165) is 12.0 Å². The Morgan fingerprint density at radius 1 is 1.30 bits per heavy atom. The van der Waals surface area contributed by atoms with Gasteiger partial charge in [-0.25, -0.2) is 0 Å². The van der Waals surface area contributed by atoms with E-state index in [1.807, 2.05) is 30.3 Å². The topological polar surface area (TPSA) is 55.4 Å². The van der Waals surface area contributed by atoms with Crippen molar-refractivity contribution >= 4 is 22.8 Å². The number of hydrogen-bond donors (Lipinski definition) is 1. The SMILES string of the molecule is CCOC(=O)[C@H](CCc1ccccc1)N[C@@H](C)C(=O)Cl. The summed E-state index contributed by atoms with van der Waals surface area (Å²) in [5, 5.41) is 2.40. The van der Waals surface area contributed by atoms with Gasteiger partial charge >= 0.3 is 5.97 Å². The Balaban J connectivity index is 2.62. The zero-order valence-electron chi connectivity index (χ0n) is 11.8. The summed E-state index contributed by atoms with van der Waals surface area (Å²) >= 11 is 5.42. The molecule has 1 rings (SSSR count). The second kappa shape index (κ2) is 8.72. The van der Waals surface area contributed by atoms with Gasteiger partial charge in [0, 0.05) is 0 Å². The largest absolute Gasteiger partial charge is 0.465 e. The van der Waals surface area contributed by atoms with Gasteiger partial charge in [0.15, 0.2) is 0 Å². The molecule has 1 aromatic carbocycles. The van der Waals surface area contributed by atoms with Crippen molar-refractivity contribution in [3.63, 3.8) is 0 Å². The molecule has 20 heavy (non-hydrogen) atoms. The Morgan fingerprint density at radius 2 is 1.95 bits per heavy atom. The van der Waals surface area contributed by atoms with Crippen molar-refractivity contribution in [3.8, 4) is 0 Å². The monoisotopic (exact) mass is 297 g/mol. The number of carbonyl (C=O) groups is 2. The third-order valence-corrected chi connectivity index (χ3v) is 3.25. The first-order valence-corrected chi connectivity index (χ1v) is 7.08. The molecule has 0 aliphatic carbocycles. The van der Waals surface area contributed by atoms with Crippen LogP contribution in [0.3, 0.4) is 0 Å². The van der Waals surface area contributed by atoms with Crippen molar-refractivity contribution < 1.29 is 14.3 Å². The lowest BCUT2D eigenvalue weighted by atomic mass is 10.0. The average molecular weight is 298 g/mol. The Kier molecular flexibility index (Phi) is 7.26. The highest BCUT2D eigenvalue weighted by Gasteiger charge is 2.23. The van der Waals surface area contributed by atoms with Crippen LogP contribution in [0.1, 0.15) is 25.8 Å². The molecule has 0 spiro atoms. The van der Waals surface area contributed by atoms with Gasteiger partial charge < -0.3 is 4.74 Å². The van der Waals surface area contributed by atoms with Gasteiger partial charge in [0.05, 0.1) is 12.6 Å². The van der Waals surface area contributed by atoms with Gasteiger partial charge in [0.1, 0.15) is 6.04 Å². The second-order valence-corrected chi connectivity index (χ2v) is 4.89. The van der Waals surface area contributed by atoms with Crippen molar-refractivity contribution in [1.29, 1.82) is 0 Å². The summed E-state index contributed by atoms with van der Waals surface area (Å²) in [5.74, 6) is -0.354. The number of halogens is 1. The van der Waals surface area contributed by atoms with Crippen LogP contribution in [0, 0.1) is 0 Å². The molecule has 0 saturated heterocycles. The van der Waals surface area contributed by atoms with E-state index < -0.39 is 17.3 Å². The number of benzene rings is 1. The van der Waals surface area contributed by atoms with Crippen LogP contribution < -0.4 is 5.32 Å². The van der Waals surface area contributed by atoms with Gasteiger partial charge in [-0.05, 0) is 43.9 Å². The third-order valence-electron chi connectivity index (χ3n) is 2.93. The van der Waals surface area contributed by atoms with Gasteiger partial charge in [0.2, 0.25) is 5.24 Å². The van der Waals surface area contributed by atoms with Gasteiger partial charge in [-0.2, -0.15) is 0 Å². The van der Waals surface area contributed by atoms with Gasteiger partial charge in [-0.15, -0.1) is 0 Å². The van der Waals surface area contributed by atoms with Crippen molar-refractivity contribution in [1.82, 2.24) is 5.32 Å². The second-order valence-electron chi connectivity index (χ2n) is 4.52. The fourth-order valence-corrected chi connectivity index (χ4v) is 1.90. The maximum atomic E-state index is 11.9. The number of rotatable bonds is 8. The molecule has 1 N–H and O–H groups in total. The standard InChI is InChI=1S/C15H20ClNO3/c1-3-20-15(19)13(17-11(2)14(16)18)10-9-12-7-5-4-6-8-12/h4-8,11,13,17H,3,9-10H2,1-2H3/t11-,13-/m0/s1. The van der Waals surface area contributed by atoms with Gasteiger partial charge in [-0.3, -0.25) is 14.9 Å². The number of nitrogens with one attached hydrogen (secondary N) is 1.